The van der Waals surface area contributed by atoms with E-state index in [1.165, 1.54) is 0 Å². The smallest absolute Gasteiger partial charge is 0.326 e. The molecule has 14 nitrogen and oxygen atoms in total. The molecule has 0 radical (unpaired) electrons. The van der Waals surface area contributed by atoms with Gasteiger partial charge >= 0.3 is 11.9 Å². The molecule has 1 aliphatic carbocycles. The van der Waals surface area contributed by atoms with Gasteiger partial charge in [0.15, 0.2) is 0 Å². The zero-order valence-electron chi connectivity index (χ0n) is 26.2. The van der Waals surface area contributed by atoms with Crippen molar-refractivity contribution in [2.45, 2.75) is 103 Å². The SMILES string of the molecule is CCCOCCOCCCNC(=O)C(CCC(=O)O)NC(=O)CCC(NC(=O)C1CCC(CNC(=O)CCC)CC1)C(=O)O. The monoisotopic (exact) mass is 628 g/mol. The lowest BCUT2D eigenvalue weighted by atomic mass is 9.81. The minimum absolute atomic E-state index is 0.0136. The molecule has 2 atom stereocenters. The summed E-state index contributed by atoms with van der Waals surface area (Å²) in [4.78, 5) is 72.6. The second kappa shape index (κ2) is 23.2. The summed E-state index contributed by atoms with van der Waals surface area (Å²) < 4.78 is 10.7. The Morgan fingerprint density at radius 2 is 1.39 bits per heavy atom. The molecular formula is C30H52N4O10. The van der Waals surface area contributed by atoms with Crippen LogP contribution < -0.4 is 21.3 Å². The highest BCUT2D eigenvalue weighted by atomic mass is 16.5. The Kier molecular flexibility index (Phi) is 20.4. The van der Waals surface area contributed by atoms with Gasteiger partial charge in [-0.05, 0) is 63.7 Å². The Balaban J connectivity index is 2.48. The van der Waals surface area contributed by atoms with Crippen LogP contribution in [-0.4, -0.2) is 97.4 Å². The van der Waals surface area contributed by atoms with Gasteiger partial charge in [-0.2, -0.15) is 0 Å². The first-order valence-corrected chi connectivity index (χ1v) is 15.8. The van der Waals surface area contributed by atoms with Crippen molar-refractivity contribution in [1.29, 1.82) is 0 Å². The van der Waals surface area contributed by atoms with Crippen LogP contribution in [0.25, 0.3) is 0 Å². The maximum absolute atomic E-state index is 12.8. The van der Waals surface area contributed by atoms with Crippen LogP contribution in [0.1, 0.15) is 90.9 Å². The average molecular weight is 629 g/mol. The topological polar surface area (TPSA) is 209 Å². The van der Waals surface area contributed by atoms with Crippen molar-refractivity contribution >= 4 is 35.6 Å². The lowest BCUT2D eigenvalue weighted by molar-refractivity contribution is -0.143. The molecule has 1 fully saturated rings. The number of rotatable bonds is 24. The molecule has 6 N–H and O–H groups in total. The van der Waals surface area contributed by atoms with Gasteiger partial charge in [-0.3, -0.25) is 24.0 Å². The Morgan fingerprint density at radius 3 is 2.00 bits per heavy atom. The average Bonchev–Trinajstić information content (AvgIpc) is 2.99. The summed E-state index contributed by atoms with van der Waals surface area (Å²) in [5, 5.41) is 29.3. The quantitative estimate of drug-likeness (QED) is 0.0845. The molecule has 2 unspecified atom stereocenters. The molecule has 0 aromatic heterocycles. The maximum Gasteiger partial charge on any atom is 0.326 e. The fourth-order valence-corrected chi connectivity index (χ4v) is 4.80. The highest BCUT2D eigenvalue weighted by Gasteiger charge is 2.30. The standard InChI is InChI=1S/C30H52N4O10/c1-3-6-25(35)32-20-21-7-9-22(10-8-21)28(39)34-24(30(41)42)11-13-26(36)33-23(12-14-27(37)38)29(40)31-15-5-17-44-19-18-43-16-4-2/h21-24H,3-20H2,1-2H3,(H,31,40)(H,32,35)(H,33,36)(H,34,39)(H,37,38)(H,41,42). The van der Waals surface area contributed by atoms with Crippen molar-refractivity contribution in [3.8, 4) is 0 Å². The molecule has 1 saturated carbocycles. The van der Waals surface area contributed by atoms with Gasteiger partial charge in [0.1, 0.15) is 12.1 Å². The van der Waals surface area contributed by atoms with Crippen LogP contribution in [0.3, 0.4) is 0 Å². The van der Waals surface area contributed by atoms with Gasteiger partial charge in [-0.1, -0.05) is 13.8 Å². The van der Waals surface area contributed by atoms with Crippen LogP contribution >= 0.6 is 0 Å². The van der Waals surface area contributed by atoms with E-state index in [0.29, 0.717) is 58.7 Å². The van der Waals surface area contributed by atoms with Crippen LogP contribution in [0.2, 0.25) is 0 Å². The number of amides is 4. The summed E-state index contributed by atoms with van der Waals surface area (Å²) in [6, 6.07) is -2.40. The Morgan fingerprint density at radius 1 is 0.727 bits per heavy atom. The zero-order valence-corrected chi connectivity index (χ0v) is 26.2. The molecule has 1 rings (SSSR count). The summed E-state index contributed by atoms with van der Waals surface area (Å²) in [6.45, 7) is 6.75. The molecule has 252 valence electrons. The third-order valence-electron chi connectivity index (χ3n) is 7.34. The minimum atomic E-state index is -1.29. The van der Waals surface area contributed by atoms with Crippen molar-refractivity contribution in [3.63, 3.8) is 0 Å². The first-order chi connectivity index (χ1) is 21.1. The van der Waals surface area contributed by atoms with E-state index in [2.05, 4.69) is 21.3 Å². The fourth-order valence-electron chi connectivity index (χ4n) is 4.80. The van der Waals surface area contributed by atoms with E-state index in [1.807, 2.05) is 13.8 Å². The normalized spacial score (nSPS) is 17.6. The largest absolute Gasteiger partial charge is 0.481 e. The molecule has 44 heavy (non-hydrogen) atoms. The van der Waals surface area contributed by atoms with E-state index in [-0.39, 0.29) is 55.9 Å². The van der Waals surface area contributed by atoms with E-state index < -0.39 is 35.8 Å². The van der Waals surface area contributed by atoms with Crippen molar-refractivity contribution in [2.75, 3.05) is 39.5 Å². The molecular weight excluding hydrogens is 576 g/mol. The van der Waals surface area contributed by atoms with Crippen molar-refractivity contribution in [3.05, 3.63) is 0 Å². The summed E-state index contributed by atoms with van der Waals surface area (Å²) >= 11 is 0. The molecule has 0 aliphatic heterocycles. The first kappa shape index (κ1) is 38.8. The lowest BCUT2D eigenvalue weighted by Crippen LogP contribution is -2.48. The van der Waals surface area contributed by atoms with Crippen LogP contribution in [0.5, 0.6) is 0 Å². The molecule has 0 heterocycles. The number of nitrogens with one attached hydrogen (secondary N) is 4. The lowest BCUT2D eigenvalue weighted by Gasteiger charge is -2.28. The van der Waals surface area contributed by atoms with Gasteiger partial charge in [0.2, 0.25) is 23.6 Å². The summed E-state index contributed by atoms with van der Waals surface area (Å²) in [6.07, 6.45) is 4.36. The van der Waals surface area contributed by atoms with Crippen molar-refractivity contribution < 1.29 is 48.5 Å². The first-order valence-electron chi connectivity index (χ1n) is 15.8. The van der Waals surface area contributed by atoms with Crippen molar-refractivity contribution in [2.24, 2.45) is 11.8 Å². The molecule has 0 spiro atoms. The Labute approximate surface area is 259 Å². The molecule has 0 bridgehead atoms. The van der Waals surface area contributed by atoms with Crippen LogP contribution in [0.4, 0.5) is 0 Å². The summed E-state index contributed by atoms with van der Waals surface area (Å²) in [5.74, 6) is -4.03. The van der Waals surface area contributed by atoms with Gasteiger partial charge in [0, 0.05) is 51.5 Å². The number of carboxylic acid groups (broad SMARTS) is 2. The number of hydrogen-bond donors (Lipinski definition) is 6. The number of carbonyl (C=O) groups is 6. The van der Waals surface area contributed by atoms with Crippen LogP contribution in [0, 0.1) is 11.8 Å². The van der Waals surface area contributed by atoms with Crippen molar-refractivity contribution in [1.82, 2.24) is 21.3 Å². The fraction of sp³-hybridized carbons (Fsp3) is 0.800. The third-order valence-corrected chi connectivity index (χ3v) is 7.34. The number of hydrogen-bond acceptors (Lipinski definition) is 8. The second-order valence-electron chi connectivity index (χ2n) is 11.1. The molecule has 4 amide bonds. The van der Waals surface area contributed by atoms with E-state index >= 15 is 0 Å². The maximum atomic E-state index is 12.8. The van der Waals surface area contributed by atoms with E-state index in [1.54, 1.807) is 0 Å². The Bertz CT molecular complexity index is 908. The molecule has 0 aromatic carbocycles. The minimum Gasteiger partial charge on any atom is -0.481 e. The molecule has 14 heteroatoms. The zero-order chi connectivity index (χ0) is 32.7. The van der Waals surface area contributed by atoms with Gasteiger partial charge in [-0.25, -0.2) is 4.79 Å². The van der Waals surface area contributed by atoms with Gasteiger partial charge in [0.05, 0.1) is 13.2 Å². The summed E-state index contributed by atoms with van der Waals surface area (Å²) in [7, 11) is 0. The van der Waals surface area contributed by atoms with Crippen LogP contribution in [0.15, 0.2) is 0 Å². The van der Waals surface area contributed by atoms with E-state index in [4.69, 9.17) is 14.6 Å². The van der Waals surface area contributed by atoms with Gasteiger partial charge < -0.3 is 41.0 Å². The molecule has 1 aliphatic rings. The highest BCUT2D eigenvalue weighted by Crippen LogP contribution is 2.28. The molecule has 0 saturated heterocycles. The number of carboxylic acids is 2. The van der Waals surface area contributed by atoms with Gasteiger partial charge in [0.25, 0.3) is 0 Å². The molecule has 0 aromatic rings. The second-order valence-corrected chi connectivity index (χ2v) is 11.1. The number of carbonyl (C=O) groups excluding carboxylic acids is 4. The summed E-state index contributed by atoms with van der Waals surface area (Å²) in [5.41, 5.74) is 0. The van der Waals surface area contributed by atoms with Gasteiger partial charge in [-0.15, -0.1) is 0 Å². The predicted octanol–water partition coefficient (Wildman–Crippen LogP) is 1.36. The highest BCUT2D eigenvalue weighted by molar-refractivity contribution is 5.89. The van der Waals surface area contributed by atoms with E-state index in [0.717, 1.165) is 25.7 Å². The van der Waals surface area contributed by atoms with E-state index in [9.17, 15) is 33.9 Å². The Hall–Kier alpha value is -3.26. The predicted molar refractivity (Wildman–Crippen MR) is 161 cm³/mol. The third kappa shape index (κ3) is 17.8. The van der Waals surface area contributed by atoms with Crippen LogP contribution in [-0.2, 0) is 38.2 Å². The number of aliphatic carboxylic acids is 2. The number of ether oxygens (including phenoxy) is 2.